The summed E-state index contributed by atoms with van der Waals surface area (Å²) in [5.74, 6) is 0. The number of aryl methyl sites for hydroxylation is 1. The van der Waals surface area contributed by atoms with Crippen LogP contribution in [0, 0.1) is 0 Å². The van der Waals surface area contributed by atoms with Crippen molar-refractivity contribution in [2.24, 2.45) is 0 Å². The molecule has 0 saturated heterocycles. The minimum Gasteiger partial charge on any atom is -0.381 e. The van der Waals surface area contributed by atoms with Crippen molar-refractivity contribution < 1.29 is 4.74 Å². The topological polar surface area (TPSA) is 27.1 Å². The number of benzene rings is 2. The highest BCUT2D eigenvalue weighted by Crippen LogP contribution is 2.31. The van der Waals surface area contributed by atoms with E-state index in [2.05, 4.69) is 72.2 Å². The number of nitrogens with zero attached hydrogens (tertiary/aromatic N) is 2. The van der Waals surface area contributed by atoms with E-state index in [9.17, 15) is 0 Å². The zero-order valence-corrected chi connectivity index (χ0v) is 20.6. The standard InChI is InChI=1S/C30H42N2O/c1-2-3-4-5-6-7-8-9-10-17-24-33-25-18-23-32-26-31-29(27-19-13-11-14-20-27)30(32)28-21-15-12-16-22-28/h11-16,19-22,26H,2-10,17-18,23-25H2,1H3. The number of rotatable bonds is 17. The van der Waals surface area contributed by atoms with E-state index in [-0.39, 0.29) is 0 Å². The van der Waals surface area contributed by atoms with Crippen LogP contribution in [0.5, 0.6) is 0 Å². The van der Waals surface area contributed by atoms with Crippen LogP contribution in [0.2, 0.25) is 0 Å². The lowest BCUT2D eigenvalue weighted by Crippen LogP contribution is -2.04. The largest absolute Gasteiger partial charge is 0.381 e. The smallest absolute Gasteiger partial charge is 0.0963 e. The van der Waals surface area contributed by atoms with Gasteiger partial charge in [0.1, 0.15) is 0 Å². The molecular formula is C30H42N2O. The molecule has 0 amide bonds. The van der Waals surface area contributed by atoms with Crippen molar-refractivity contribution in [2.45, 2.75) is 84.1 Å². The fourth-order valence-electron chi connectivity index (χ4n) is 4.39. The lowest BCUT2D eigenvalue weighted by Gasteiger charge is -2.11. The average Bonchev–Trinajstić information content (AvgIpc) is 3.29. The van der Waals surface area contributed by atoms with Gasteiger partial charge in [-0.3, -0.25) is 0 Å². The first-order chi connectivity index (χ1) is 16.4. The number of unbranched alkanes of at least 4 members (excludes halogenated alkanes) is 9. The van der Waals surface area contributed by atoms with Crippen molar-refractivity contribution in [1.29, 1.82) is 0 Å². The molecule has 3 nitrogen and oxygen atoms in total. The summed E-state index contributed by atoms with van der Waals surface area (Å²) < 4.78 is 8.21. The molecule has 2 aromatic carbocycles. The van der Waals surface area contributed by atoms with Gasteiger partial charge in [-0.05, 0) is 12.8 Å². The Morgan fingerprint density at radius 1 is 0.636 bits per heavy atom. The summed E-state index contributed by atoms with van der Waals surface area (Å²) >= 11 is 0. The van der Waals surface area contributed by atoms with Crippen LogP contribution >= 0.6 is 0 Å². The minimum absolute atomic E-state index is 0.810. The van der Waals surface area contributed by atoms with Gasteiger partial charge in [0.25, 0.3) is 0 Å². The van der Waals surface area contributed by atoms with E-state index in [1.165, 1.54) is 75.5 Å². The summed E-state index contributed by atoms with van der Waals surface area (Å²) in [5, 5.41) is 0. The second kappa shape index (κ2) is 15.4. The maximum Gasteiger partial charge on any atom is 0.0963 e. The molecule has 1 heterocycles. The van der Waals surface area contributed by atoms with Crippen LogP contribution in [-0.2, 0) is 11.3 Å². The van der Waals surface area contributed by atoms with E-state index in [0.29, 0.717) is 0 Å². The molecular weight excluding hydrogens is 404 g/mol. The second-order valence-electron chi connectivity index (χ2n) is 9.02. The molecule has 0 N–H and O–H groups in total. The van der Waals surface area contributed by atoms with Crippen LogP contribution in [0.15, 0.2) is 67.0 Å². The van der Waals surface area contributed by atoms with E-state index in [1.807, 2.05) is 6.33 Å². The van der Waals surface area contributed by atoms with Crippen LogP contribution in [0.3, 0.4) is 0 Å². The fourth-order valence-corrected chi connectivity index (χ4v) is 4.39. The predicted molar refractivity (Wildman–Crippen MR) is 140 cm³/mol. The summed E-state index contributed by atoms with van der Waals surface area (Å²) in [6, 6.07) is 21.1. The van der Waals surface area contributed by atoms with Gasteiger partial charge in [0, 0.05) is 30.9 Å². The number of imidazole rings is 1. The first-order valence-electron chi connectivity index (χ1n) is 13.1. The summed E-state index contributed by atoms with van der Waals surface area (Å²) in [7, 11) is 0. The molecule has 0 aliphatic heterocycles. The third-order valence-corrected chi connectivity index (χ3v) is 6.26. The predicted octanol–water partition coefficient (Wildman–Crippen LogP) is 8.54. The lowest BCUT2D eigenvalue weighted by molar-refractivity contribution is 0.124. The number of hydrogen-bond acceptors (Lipinski definition) is 2. The number of aromatic nitrogens is 2. The van der Waals surface area contributed by atoms with Gasteiger partial charge < -0.3 is 9.30 Å². The minimum atomic E-state index is 0.810. The van der Waals surface area contributed by atoms with Crippen molar-refractivity contribution in [3.05, 3.63) is 67.0 Å². The highest BCUT2D eigenvalue weighted by molar-refractivity contribution is 5.78. The first-order valence-corrected chi connectivity index (χ1v) is 13.1. The second-order valence-corrected chi connectivity index (χ2v) is 9.02. The van der Waals surface area contributed by atoms with Crippen LogP contribution < -0.4 is 0 Å². The van der Waals surface area contributed by atoms with Crippen molar-refractivity contribution in [1.82, 2.24) is 9.55 Å². The molecule has 0 bridgehead atoms. The molecule has 3 rings (SSSR count). The summed E-state index contributed by atoms with van der Waals surface area (Å²) in [4.78, 5) is 4.77. The van der Waals surface area contributed by atoms with Gasteiger partial charge in [0.15, 0.2) is 0 Å². The molecule has 0 spiro atoms. The van der Waals surface area contributed by atoms with Gasteiger partial charge in [-0.15, -0.1) is 0 Å². The Hall–Kier alpha value is -2.39. The van der Waals surface area contributed by atoms with Crippen LogP contribution in [0.4, 0.5) is 0 Å². The highest BCUT2D eigenvalue weighted by Gasteiger charge is 2.14. The average molecular weight is 447 g/mol. The molecule has 0 radical (unpaired) electrons. The highest BCUT2D eigenvalue weighted by atomic mass is 16.5. The molecule has 33 heavy (non-hydrogen) atoms. The van der Waals surface area contributed by atoms with Gasteiger partial charge in [-0.2, -0.15) is 0 Å². The molecule has 0 saturated carbocycles. The van der Waals surface area contributed by atoms with E-state index < -0.39 is 0 Å². The van der Waals surface area contributed by atoms with Crippen molar-refractivity contribution >= 4 is 0 Å². The van der Waals surface area contributed by atoms with Gasteiger partial charge >= 0.3 is 0 Å². The zero-order chi connectivity index (χ0) is 23.0. The normalized spacial score (nSPS) is 11.2. The van der Waals surface area contributed by atoms with Gasteiger partial charge in [0.2, 0.25) is 0 Å². The SMILES string of the molecule is CCCCCCCCCCCCOCCCn1cnc(-c2ccccc2)c1-c1ccccc1. The Morgan fingerprint density at radius 3 is 1.82 bits per heavy atom. The van der Waals surface area contributed by atoms with Gasteiger partial charge in [-0.1, -0.05) is 125 Å². The summed E-state index contributed by atoms with van der Waals surface area (Å²) in [5.41, 5.74) is 4.61. The molecule has 178 valence electrons. The lowest BCUT2D eigenvalue weighted by atomic mass is 10.0. The Morgan fingerprint density at radius 2 is 1.18 bits per heavy atom. The fraction of sp³-hybridized carbons (Fsp3) is 0.500. The van der Waals surface area contributed by atoms with Crippen LogP contribution in [-0.4, -0.2) is 22.8 Å². The van der Waals surface area contributed by atoms with Crippen LogP contribution in [0.1, 0.15) is 77.6 Å². The van der Waals surface area contributed by atoms with E-state index >= 15 is 0 Å². The molecule has 3 heteroatoms. The maximum atomic E-state index is 5.93. The van der Waals surface area contributed by atoms with Crippen LogP contribution in [0.25, 0.3) is 22.5 Å². The maximum absolute atomic E-state index is 5.93. The molecule has 0 atom stereocenters. The van der Waals surface area contributed by atoms with Crippen molar-refractivity contribution in [3.63, 3.8) is 0 Å². The quantitative estimate of drug-likeness (QED) is 0.194. The monoisotopic (exact) mass is 446 g/mol. The zero-order valence-electron chi connectivity index (χ0n) is 20.6. The molecule has 0 unspecified atom stereocenters. The van der Waals surface area contributed by atoms with Gasteiger partial charge in [-0.25, -0.2) is 4.98 Å². The molecule has 0 aliphatic rings. The summed E-state index contributed by atoms with van der Waals surface area (Å²) in [6.45, 7) is 4.90. The molecule has 0 aliphatic carbocycles. The molecule has 1 aromatic heterocycles. The number of hydrogen-bond donors (Lipinski definition) is 0. The number of ether oxygens (including phenoxy) is 1. The first kappa shape index (κ1) is 25.2. The van der Waals surface area contributed by atoms with E-state index in [0.717, 1.165) is 37.4 Å². The Bertz CT molecular complexity index is 873. The van der Waals surface area contributed by atoms with E-state index in [1.54, 1.807) is 0 Å². The third kappa shape index (κ3) is 8.81. The van der Waals surface area contributed by atoms with E-state index in [4.69, 9.17) is 9.72 Å². The van der Waals surface area contributed by atoms with Crippen molar-refractivity contribution in [2.75, 3.05) is 13.2 Å². The Balaban J connectivity index is 1.36. The van der Waals surface area contributed by atoms with Gasteiger partial charge in [0.05, 0.1) is 17.7 Å². The third-order valence-electron chi connectivity index (χ3n) is 6.26. The Kier molecular flexibility index (Phi) is 11.8. The Labute approximate surface area is 201 Å². The summed E-state index contributed by atoms with van der Waals surface area (Å²) in [6.07, 6.45) is 16.6. The molecule has 0 fully saturated rings. The molecule has 3 aromatic rings. The van der Waals surface area contributed by atoms with Crippen molar-refractivity contribution in [3.8, 4) is 22.5 Å².